The van der Waals surface area contributed by atoms with Crippen molar-refractivity contribution in [3.8, 4) is 11.8 Å². The molecule has 4 nitrogen and oxygen atoms in total. The molecule has 2 rings (SSSR count). The van der Waals surface area contributed by atoms with Gasteiger partial charge in [0, 0.05) is 17.7 Å². The third-order valence-corrected chi connectivity index (χ3v) is 3.57. The highest BCUT2D eigenvalue weighted by Gasteiger charge is 2.26. The summed E-state index contributed by atoms with van der Waals surface area (Å²) in [5.74, 6) is 5.70. The Morgan fingerprint density at radius 2 is 2.10 bits per heavy atom. The Kier molecular flexibility index (Phi) is 5.16. The van der Waals surface area contributed by atoms with Crippen molar-refractivity contribution in [3.05, 3.63) is 35.4 Å². The molecule has 1 unspecified atom stereocenters. The number of benzene rings is 1. The quantitative estimate of drug-likeness (QED) is 0.789. The SMILES string of the molecule is NCC#Cc1ccc(C(=O)N2CCCCC2CO)cc1. The van der Waals surface area contributed by atoms with Gasteiger partial charge in [0.1, 0.15) is 0 Å². The molecule has 0 radical (unpaired) electrons. The summed E-state index contributed by atoms with van der Waals surface area (Å²) in [4.78, 5) is 14.2. The third kappa shape index (κ3) is 3.38. The Labute approximate surface area is 119 Å². The number of nitrogens with two attached hydrogens (primary N) is 1. The van der Waals surface area contributed by atoms with Crippen LogP contribution in [0.5, 0.6) is 0 Å². The monoisotopic (exact) mass is 272 g/mol. The number of hydrogen-bond donors (Lipinski definition) is 2. The average molecular weight is 272 g/mol. The maximum Gasteiger partial charge on any atom is 0.254 e. The highest BCUT2D eigenvalue weighted by Crippen LogP contribution is 2.19. The van der Waals surface area contributed by atoms with Gasteiger partial charge in [-0.25, -0.2) is 0 Å². The molecule has 1 aliphatic heterocycles. The predicted molar refractivity (Wildman–Crippen MR) is 78.1 cm³/mol. The van der Waals surface area contributed by atoms with Gasteiger partial charge in [0.15, 0.2) is 0 Å². The van der Waals surface area contributed by atoms with Crippen LogP contribution in [0.25, 0.3) is 0 Å². The van der Waals surface area contributed by atoms with Crippen molar-refractivity contribution in [2.75, 3.05) is 19.7 Å². The lowest BCUT2D eigenvalue weighted by molar-refractivity contribution is 0.0503. The van der Waals surface area contributed by atoms with E-state index in [1.54, 1.807) is 17.0 Å². The van der Waals surface area contributed by atoms with Gasteiger partial charge in [0.05, 0.1) is 19.2 Å². The van der Waals surface area contributed by atoms with Crippen molar-refractivity contribution < 1.29 is 9.90 Å². The molecule has 1 heterocycles. The van der Waals surface area contributed by atoms with Crippen LogP contribution in [0.15, 0.2) is 24.3 Å². The number of hydrogen-bond acceptors (Lipinski definition) is 3. The molecule has 0 spiro atoms. The standard InChI is InChI=1S/C16H20N2O2/c17-10-3-4-13-6-8-14(9-7-13)16(20)18-11-2-1-5-15(18)12-19/h6-9,15,19H,1-2,5,10-12,17H2. The summed E-state index contributed by atoms with van der Waals surface area (Å²) in [5.41, 5.74) is 6.82. The first kappa shape index (κ1) is 14.6. The minimum atomic E-state index is -0.0482. The number of rotatable bonds is 2. The van der Waals surface area contributed by atoms with E-state index in [-0.39, 0.29) is 18.6 Å². The molecule has 0 bridgehead atoms. The lowest BCUT2D eigenvalue weighted by Crippen LogP contribution is -2.45. The Bertz CT molecular complexity index is 514. The van der Waals surface area contributed by atoms with Crippen molar-refractivity contribution in [1.82, 2.24) is 4.90 Å². The normalized spacial score (nSPS) is 18.3. The number of piperidine rings is 1. The van der Waals surface area contributed by atoms with E-state index in [2.05, 4.69) is 11.8 Å². The maximum atomic E-state index is 12.5. The molecule has 106 valence electrons. The van der Waals surface area contributed by atoms with E-state index in [1.165, 1.54) is 0 Å². The lowest BCUT2D eigenvalue weighted by Gasteiger charge is -2.34. The van der Waals surface area contributed by atoms with Crippen LogP contribution in [-0.2, 0) is 0 Å². The Morgan fingerprint density at radius 1 is 1.35 bits per heavy atom. The Morgan fingerprint density at radius 3 is 2.75 bits per heavy atom. The van der Waals surface area contributed by atoms with Gasteiger partial charge in [-0.05, 0) is 43.5 Å². The van der Waals surface area contributed by atoms with Gasteiger partial charge < -0.3 is 15.7 Å². The fraction of sp³-hybridized carbons (Fsp3) is 0.438. The highest BCUT2D eigenvalue weighted by molar-refractivity contribution is 5.94. The third-order valence-electron chi connectivity index (χ3n) is 3.57. The molecule has 3 N–H and O–H groups in total. The predicted octanol–water partition coefficient (Wildman–Crippen LogP) is 0.984. The Hall–Kier alpha value is -1.83. The lowest BCUT2D eigenvalue weighted by atomic mass is 10.0. The number of aliphatic hydroxyl groups is 1. The van der Waals surface area contributed by atoms with Gasteiger partial charge in [-0.2, -0.15) is 0 Å². The number of aliphatic hydroxyl groups excluding tert-OH is 1. The van der Waals surface area contributed by atoms with E-state index >= 15 is 0 Å². The van der Waals surface area contributed by atoms with Crippen molar-refractivity contribution in [1.29, 1.82) is 0 Å². The van der Waals surface area contributed by atoms with Gasteiger partial charge >= 0.3 is 0 Å². The van der Waals surface area contributed by atoms with Gasteiger partial charge in [-0.15, -0.1) is 0 Å². The van der Waals surface area contributed by atoms with E-state index in [1.807, 2.05) is 12.1 Å². The van der Waals surface area contributed by atoms with Crippen LogP contribution in [-0.4, -0.2) is 41.7 Å². The largest absolute Gasteiger partial charge is 0.394 e. The molecule has 1 aromatic carbocycles. The van der Waals surface area contributed by atoms with Crippen molar-refractivity contribution in [2.24, 2.45) is 5.73 Å². The van der Waals surface area contributed by atoms with Crippen LogP contribution in [0.4, 0.5) is 0 Å². The van der Waals surface area contributed by atoms with Crippen LogP contribution < -0.4 is 5.73 Å². The molecule has 0 aromatic heterocycles. The van der Waals surface area contributed by atoms with Crippen molar-refractivity contribution in [3.63, 3.8) is 0 Å². The van der Waals surface area contributed by atoms with E-state index < -0.39 is 0 Å². The number of amides is 1. The van der Waals surface area contributed by atoms with Crippen LogP contribution in [0.3, 0.4) is 0 Å². The smallest absolute Gasteiger partial charge is 0.254 e. The first-order chi connectivity index (χ1) is 9.76. The summed E-state index contributed by atoms with van der Waals surface area (Å²) < 4.78 is 0. The summed E-state index contributed by atoms with van der Waals surface area (Å²) in [6, 6.07) is 7.17. The van der Waals surface area contributed by atoms with Gasteiger partial charge in [-0.1, -0.05) is 11.8 Å². The molecule has 1 aromatic rings. The first-order valence-corrected chi connectivity index (χ1v) is 6.97. The van der Waals surface area contributed by atoms with E-state index in [4.69, 9.17) is 5.73 Å². The molecule has 0 aliphatic carbocycles. The second-order valence-corrected chi connectivity index (χ2v) is 4.91. The molecule has 4 heteroatoms. The maximum absolute atomic E-state index is 12.5. The van der Waals surface area contributed by atoms with E-state index in [0.717, 1.165) is 31.4 Å². The minimum Gasteiger partial charge on any atom is -0.394 e. The number of likely N-dealkylation sites (tertiary alicyclic amines) is 1. The minimum absolute atomic E-state index is 0.0120. The topological polar surface area (TPSA) is 66.6 Å². The molecule has 1 amide bonds. The van der Waals surface area contributed by atoms with Crippen LogP contribution in [0.2, 0.25) is 0 Å². The average Bonchev–Trinajstić information content (AvgIpc) is 2.52. The summed E-state index contributed by atoms with van der Waals surface area (Å²) in [5, 5.41) is 9.37. The first-order valence-electron chi connectivity index (χ1n) is 6.97. The van der Waals surface area contributed by atoms with Gasteiger partial charge in [0.25, 0.3) is 5.91 Å². The molecule has 1 aliphatic rings. The molecular weight excluding hydrogens is 252 g/mol. The van der Waals surface area contributed by atoms with Crippen LogP contribution in [0.1, 0.15) is 35.2 Å². The zero-order valence-electron chi connectivity index (χ0n) is 11.5. The summed E-state index contributed by atoms with van der Waals surface area (Å²) >= 11 is 0. The fourth-order valence-corrected chi connectivity index (χ4v) is 2.47. The van der Waals surface area contributed by atoms with E-state index in [0.29, 0.717) is 12.1 Å². The van der Waals surface area contributed by atoms with Gasteiger partial charge in [-0.3, -0.25) is 4.79 Å². The molecule has 1 atom stereocenters. The van der Waals surface area contributed by atoms with Gasteiger partial charge in [0.2, 0.25) is 0 Å². The van der Waals surface area contributed by atoms with Crippen LogP contribution >= 0.6 is 0 Å². The summed E-state index contributed by atoms with van der Waals surface area (Å²) in [6.07, 6.45) is 2.95. The molecule has 1 fully saturated rings. The zero-order valence-corrected chi connectivity index (χ0v) is 11.5. The second-order valence-electron chi connectivity index (χ2n) is 4.91. The van der Waals surface area contributed by atoms with Crippen molar-refractivity contribution >= 4 is 5.91 Å². The number of nitrogens with zero attached hydrogens (tertiary/aromatic N) is 1. The van der Waals surface area contributed by atoms with E-state index in [9.17, 15) is 9.90 Å². The van der Waals surface area contributed by atoms with Crippen LogP contribution in [0, 0.1) is 11.8 Å². The molecule has 0 saturated carbocycles. The van der Waals surface area contributed by atoms with Crippen molar-refractivity contribution in [2.45, 2.75) is 25.3 Å². The number of carbonyl (C=O) groups excluding carboxylic acids is 1. The molecule has 1 saturated heterocycles. The summed E-state index contributed by atoms with van der Waals surface area (Å²) in [6.45, 7) is 1.08. The Balaban J connectivity index is 2.12. The fourth-order valence-electron chi connectivity index (χ4n) is 2.47. The molecular formula is C16H20N2O2. The highest BCUT2D eigenvalue weighted by atomic mass is 16.3. The molecule has 20 heavy (non-hydrogen) atoms. The number of carbonyl (C=O) groups is 1. The summed E-state index contributed by atoms with van der Waals surface area (Å²) in [7, 11) is 0. The zero-order chi connectivity index (χ0) is 14.4. The second kappa shape index (κ2) is 7.09.